The van der Waals surface area contributed by atoms with Crippen LogP contribution >= 0.6 is 11.6 Å². The lowest BCUT2D eigenvalue weighted by molar-refractivity contribution is 0.421. The van der Waals surface area contributed by atoms with Gasteiger partial charge in [-0.25, -0.2) is 0 Å². The lowest BCUT2D eigenvalue weighted by Gasteiger charge is -2.10. The van der Waals surface area contributed by atoms with Gasteiger partial charge in [-0.2, -0.15) is 0 Å². The average molecular weight is 353 g/mol. The normalized spacial score (nSPS) is 11.1. The number of pyridine rings is 1. The van der Waals surface area contributed by atoms with Crippen LogP contribution in [0.5, 0.6) is 5.75 Å². The van der Waals surface area contributed by atoms with Crippen LogP contribution in [0.2, 0.25) is 5.02 Å². The predicted molar refractivity (Wildman–Crippen MR) is 96.9 cm³/mol. The average Bonchev–Trinajstić information content (AvgIpc) is 3.01. The van der Waals surface area contributed by atoms with Crippen LogP contribution in [0.4, 0.5) is 0 Å². The Balaban J connectivity index is 2.02. The lowest BCUT2D eigenvalue weighted by Crippen LogP contribution is -2.09. The molecule has 0 spiro atoms. The Bertz CT molecular complexity index is 1150. The Morgan fingerprint density at radius 1 is 1.16 bits per heavy atom. The summed E-state index contributed by atoms with van der Waals surface area (Å²) in [6.45, 7) is 1.74. The third kappa shape index (κ3) is 2.58. The Kier molecular flexibility index (Phi) is 3.58. The van der Waals surface area contributed by atoms with Crippen molar-refractivity contribution < 1.29 is 9.63 Å². The van der Waals surface area contributed by atoms with Gasteiger partial charge in [-0.3, -0.25) is 4.79 Å². The van der Waals surface area contributed by atoms with Crippen LogP contribution in [-0.4, -0.2) is 15.2 Å². The number of halogens is 1. The van der Waals surface area contributed by atoms with Crippen molar-refractivity contribution in [1.82, 2.24) is 10.1 Å². The molecule has 0 atom stereocenters. The summed E-state index contributed by atoms with van der Waals surface area (Å²) < 4.78 is 5.14. The highest BCUT2D eigenvalue weighted by molar-refractivity contribution is 6.34. The van der Waals surface area contributed by atoms with Gasteiger partial charge in [0.25, 0.3) is 5.56 Å². The monoisotopic (exact) mass is 352 g/mol. The van der Waals surface area contributed by atoms with Crippen LogP contribution in [0.15, 0.2) is 57.8 Å². The zero-order valence-electron chi connectivity index (χ0n) is 13.2. The van der Waals surface area contributed by atoms with Crippen molar-refractivity contribution in [1.29, 1.82) is 0 Å². The van der Waals surface area contributed by atoms with E-state index < -0.39 is 5.56 Å². The van der Waals surface area contributed by atoms with E-state index in [0.29, 0.717) is 21.6 Å². The van der Waals surface area contributed by atoms with E-state index in [1.165, 1.54) is 0 Å². The maximum Gasteiger partial charge on any atom is 0.263 e. The topological polar surface area (TPSA) is 79.1 Å². The van der Waals surface area contributed by atoms with Gasteiger partial charge in [0, 0.05) is 17.0 Å². The fraction of sp³-hybridized carbons (Fsp3) is 0.0526. The third-order valence-electron chi connectivity index (χ3n) is 4.03. The molecule has 5 nitrogen and oxygen atoms in total. The van der Waals surface area contributed by atoms with Crippen molar-refractivity contribution >= 4 is 22.5 Å². The molecule has 6 heteroatoms. The first-order valence-corrected chi connectivity index (χ1v) is 8.00. The quantitative estimate of drug-likeness (QED) is 0.556. The van der Waals surface area contributed by atoms with E-state index in [-0.39, 0.29) is 17.1 Å². The second-order valence-electron chi connectivity index (χ2n) is 5.75. The van der Waals surface area contributed by atoms with Crippen molar-refractivity contribution in [2.24, 2.45) is 0 Å². The van der Waals surface area contributed by atoms with Gasteiger partial charge in [-0.15, -0.1) is 0 Å². The smallest absolute Gasteiger partial charge is 0.263 e. The number of nitrogens with one attached hydrogen (secondary N) is 1. The molecule has 2 aromatic carbocycles. The van der Waals surface area contributed by atoms with Crippen LogP contribution in [0, 0.1) is 6.92 Å². The van der Waals surface area contributed by atoms with Gasteiger partial charge >= 0.3 is 0 Å². The fourth-order valence-electron chi connectivity index (χ4n) is 2.85. The molecule has 0 unspecified atom stereocenters. The Morgan fingerprint density at radius 3 is 2.60 bits per heavy atom. The minimum absolute atomic E-state index is 0.0504. The van der Waals surface area contributed by atoms with Crippen LogP contribution in [0.25, 0.3) is 33.4 Å². The highest BCUT2D eigenvalue weighted by Gasteiger charge is 2.19. The molecule has 0 aliphatic carbocycles. The van der Waals surface area contributed by atoms with E-state index in [2.05, 4.69) is 10.1 Å². The number of aromatic amines is 1. The molecule has 4 rings (SSSR count). The molecule has 0 aliphatic heterocycles. The molecule has 4 aromatic rings. The second-order valence-corrected chi connectivity index (χ2v) is 6.16. The highest BCUT2D eigenvalue weighted by Crippen LogP contribution is 2.37. The van der Waals surface area contributed by atoms with Crippen LogP contribution < -0.4 is 5.56 Å². The van der Waals surface area contributed by atoms with Crippen molar-refractivity contribution in [3.8, 4) is 28.2 Å². The van der Waals surface area contributed by atoms with E-state index in [1.807, 2.05) is 30.3 Å². The number of fused-ring (bicyclic) bond motifs is 1. The number of aryl methyl sites for hydroxylation is 1. The number of benzene rings is 2. The van der Waals surface area contributed by atoms with E-state index in [0.717, 1.165) is 11.1 Å². The van der Waals surface area contributed by atoms with Gasteiger partial charge in [0.1, 0.15) is 11.3 Å². The summed E-state index contributed by atoms with van der Waals surface area (Å²) in [6.07, 6.45) is 0. The first-order chi connectivity index (χ1) is 12.0. The first-order valence-electron chi connectivity index (χ1n) is 7.62. The molecule has 0 aliphatic rings. The van der Waals surface area contributed by atoms with Crippen molar-refractivity contribution in [3.05, 3.63) is 69.6 Å². The molecule has 0 saturated carbocycles. The number of aromatic nitrogens is 2. The van der Waals surface area contributed by atoms with Gasteiger partial charge in [-0.1, -0.05) is 47.1 Å². The molecule has 0 radical (unpaired) electrons. The number of hydrogen-bond acceptors (Lipinski definition) is 4. The molecule has 124 valence electrons. The Hall–Kier alpha value is -3.05. The zero-order chi connectivity index (χ0) is 17.6. The summed E-state index contributed by atoms with van der Waals surface area (Å²) >= 11 is 6.37. The molecule has 2 aromatic heterocycles. The van der Waals surface area contributed by atoms with Gasteiger partial charge in [0.15, 0.2) is 5.76 Å². The van der Waals surface area contributed by atoms with Crippen molar-refractivity contribution in [3.63, 3.8) is 0 Å². The summed E-state index contributed by atoms with van der Waals surface area (Å²) in [5, 5.41) is 15.4. The van der Waals surface area contributed by atoms with Crippen LogP contribution in [0.1, 0.15) is 5.69 Å². The molecular formula is C19H13ClN2O3. The first kappa shape index (κ1) is 15.5. The number of rotatable bonds is 2. The Morgan fingerprint density at radius 2 is 1.92 bits per heavy atom. The largest absolute Gasteiger partial charge is 0.506 e. The van der Waals surface area contributed by atoms with E-state index in [9.17, 15) is 9.90 Å². The van der Waals surface area contributed by atoms with E-state index >= 15 is 0 Å². The van der Waals surface area contributed by atoms with Gasteiger partial charge in [0.05, 0.1) is 16.2 Å². The van der Waals surface area contributed by atoms with Crippen molar-refractivity contribution in [2.45, 2.75) is 6.92 Å². The number of nitrogens with zero attached hydrogens (tertiary/aromatic N) is 1. The summed E-state index contributed by atoms with van der Waals surface area (Å²) in [5.74, 6) is 0.0538. The van der Waals surface area contributed by atoms with Gasteiger partial charge < -0.3 is 14.6 Å². The lowest BCUT2D eigenvalue weighted by atomic mass is 10.0. The van der Waals surface area contributed by atoms with E-state index in [1.54, 1.807) is 25.1 Å². The molecule has 2 heterocycles. The molecular weight excluding hydrogens is 340 g/mol. The third-order valence-corrected chi connectivity index (χ3v) is 4.35. The maximum atomic E-state index is 12.4. The summed E-state index contributed by atoms with van der Waals surface area (Å²) in [6, 6.07) is 14.6. The molecule has 0 fully saturated rings. The molecule has 0 saturated heterocycles. The molecule has 0 amide bonds. The number of H-pyrrole nitrogens is 1. The standard InChI is InChI=1S/C19H13ClN2O3/c1-10-7-16(25-22-10)17-18(23)13-8-12(11-5-3-2-4-6-11)14(20)9-15(13)21-19(17)24/h2-9H,1H3,(H2,21,23,24). The Labute approximate surface area is 147 Å². The highest BCUT2D eigenvalue weighted by atomic mass is 35.5. The molecule has 25 heavy (non-hydrogen) atoms. The van der Waals surface area contributed by atoms with E-state index in [4.69, 9.17) is 16.1 Å². The second kappa shape index (κ2) is 5.79. The SMILES string of the molecule is Cc1cc(-c2c(O)c3cc(-c4ccccc4)c(Cl)cc3[nH]c2=O)on1. The summed E-state index contributed by atoms with van der Waals surface area (Å²) in [5.41, 5.74) is 2.33. The van der Waals surface area contributed by atoms with Crippen LogP contribution in [0.3, 0.4) is 0 Å². The zero-order valence-corrected chi connectivity index (χ0v) is 14.0. The minimum atomic E-state index is -0.468. The fourth-order valence-corrected chi connectivity index (χ4v) is 3.12. The summed E-state index contributed by atoms with van der Waals surface area (Å²) in [7, 11) is 0. The minimum Gasteiger partial charge on any atom is -0.506 e. The maximum absolute atomic E-state index is 12.4. The number of hydrogen-bond donors (Lipinski definition) is 2. The van der Waals surface area contributed by atoms with Crippen molar-refractivity contribution in [2.75, 3.05) is 0 Å². The molecule has 2 N–H and O–H groups in total. The predicted octanol–water partition coefficient (Wildman–Crippen LogP) is 4.52. The van der Waals surface area contributed by atoms with Gasteiger partial charge in [-0.05, 0) is 24.6 Å². The van der Waals surface area contributed by atoms with Gasteiger partial charge in [0.2, 0.25) is 0 Å². The summed E-state index contributed by atoms with van der Waals surface area (Å²) in [4.78, 5) is 15.1. The molecule has 0 bridgehead atoms. The van der Waals surface area contributed by atoms with Crippen LogP contribution in [-0.2, 0) is 0 Å². The number of aromatic hydroxyl groups is 1.